The molecule has 1 heterocycles. The van der Waals surface area contributed by atoms with Crippen molar-refractivity contribution in [2.75, 3.05) is 13.1 Å². The van der Waals surface area contributed by atoms with Crippen LogP contribution in [0.5, 0.6) is 0 Å². The molecule has 0 spiro atoms. The van der Waals surface area contributed by atoms with E-state index in [1.54, 1.807) is 0 Å². The highest BCUT2D eigenvalue weighted by molar-refractivity contribution is 5.94. The van der Waals surface area contributed by atoms with Crippen molar-refractivity contribution in [3.63, 3.8) is 0 Å². The minimum Gasteiger partial charge on any atom is -0.480 e. The van der Waals surface area contributed by atoms with Gasteiger partial charge < -0.3 is 37.2 Å². The smallest absolute Gasteiger partial charge is 0.326 e. The number of amides is 3. The Morgan fingerprint density at radius 1 is 1.14 bits per heavy atom. The molecule has 5 unspecified atom stereocenters. The first-order chi connectivity index (χ1) is 16.6. The van der Waals surface area contributed by atoms with Crippen molar-refractivity contribution in [1.29, 1.82) is 0 Å². The van der Waals surface area contributed by atoms with E-state index in [4.69, 9.17) is 11.5 Å². The van der Waals surface area contributed by atoms with Gasteiger partial charge in [-0.05, 0) is 57.6 Å². The first-order valence-electron chi connectivity index (χ1n) is 12.0. The standard InChI is InChI=1S/C24H37N5O6/c1-15(30)20(22(32)27-18(24(34)35)10-5-6-12-25)28-21(31)19-11-7-13-29(19)23(33)17(26)14-16-8-3-2-4-9-16/h2-4,8-9,15,17-20,30H,5-7,10-14,25-26H2,1H3,(H,27,32)(H,28,31)(H,34,35). The average molecular weight is 492 g/mol. The number of nitrogens with zero attached hydrogens (tertiary/aromatic N) is 1. The number of carboxylic acid groups (broad SMARTS) is 1. The Morgan fingerprint density at radius 3 is 2.43 bits per heavy atom. The summed E-state index contributed by atoms with van der Waals surface area (Å²) in [6.07, 6.45) is 1.29. The molecule has 0 radical (unpaired) electrons. The van der Waals surface area contributed by atoms with Gasteiger partial charge in [-0.1, -0.05) is 30.3 Å². The number of carbonyl (C=O) groups is 4. The lowest BCUT2D eigenvalue weighted by atomic mass is 10.0. The van der Waals surface area contributed by atoms with Gasteiger partial charge in [0.1, 0.15) is 18.1 Å². The highest BCUT2D eigenvalue weighted by Crippen LogP contribution is 2.19. The van der Waals surface area contributed by atoms with Crippen molar-refractivity contribution in [2.45, 2.75) is 75.7 Å². The van der Waals surface area contributed by atoms with Gasteiger partial charge >= 0.3 is 5.97 Å². The number of aliphatic carboxylic acids is 1. The van der Waals surface area contributed by atoms with Crippen molar-refractivity contribution in [2.24, 2.45) is 11.5 Å². The van der Waals surface area contributed by atoms with Crippen LogP contribution in [0.25, 0.3) is 0 Å². The molecule has 1 aliphatic heterocycles. The molecular formula is C24H37N5O6. The second-order valence-electron chi connectivity index (χ2n) is 8.90. The molecule has 1 saturated heterocycles. The van der Waals surface area contributed by atoms with Gasteiger partial charge in [0.25, 0.3) is 0 Å². The van der Waals surface area contributed by atoms with Crippen LogP contribution >= 0.6 is 0 Å². The fourth-order valence-corrected chi connectivity index (χ4v) is 4.14. The van der Waals surface area contributed by atoms with Crippen LogP contribution in [0, 0.1) is 0 Å². The molecule has 1 aromatic rings. The van der Waals surface area contributed by atoms with Gasteiger partial charge in [-0.2, -0.15) is 0 Å². The third-order valence-corrected chi connectivity index (χ3v) is 6.08. The van der Waals surface area contributed by atoms with Crippen molar-refractivity contribution in [3.8, 4) is 0 Å². The Bertz CT molecular complexity index is 865. The number of hydrogen-bond acceptors (Lipinski definition) is 7. The maximum atomic E-state index is 13.0. The van der Waals surface area contributed by atoms with E-state index < -0.39 is 48.1 Å². The molecule has 1 aromatic carbocycles. The topological polar surface area (TPSA) is 188 Å². The summed E-state index contributed by atoms with van der Waals surface area (Å²) >= 11 is 0. The highest BCUT2D eigenvalue weighted by atomic mass is 16.4. The molecule has 0 aromatic heterocycles. The van der Waals surface area contributed by atoms with Crippen LogP contribution in [0.2, 0.25) is 0 Å². The Morgan fingerprint density at radius 2 is 1.83 bits per heavy atom. The molecule has 8 N–H and O–H groups in total. The molecule has 0 saturated carbocycles. The molecule has 0 bridgehead atoms. The monoisotopic (exact) mass is 491 g/mol. The molecule has 35 heavy (non-hydrogen) atoms. The number of aliphatic hydroxyl groups is 1. The van der Waals surface area contributed by atoms with Crippen molar-refractivity contribution in [3.05, 3.63) is 35.9 Å². The summed E-state index contributed by atoms with van der Waals surface area (Å²) in [6, 6.07) is 5.10. The van der Waals surface area contributed by atoms with E-state index in [0.29, 0.717) is 45.2 Å². The van der Waals surface area contributed by atoms with Gasteiger partial charge in [0, 0.05) is 6.54 Å². The van der Waals surface area contributed by atoms with E-state index in [1.165, 1.54) is 11.8 Å². The highest BCUT2D eigenvalue weighted by Gasteiger charge is 2.38. The number of rotatable bonds is 13. The van der Waals surface area contributed by atoms with E-state index in [1.807, 2.05) is 30.3 Å². The molecular weight excluding hydrogens is 454 g/mol. The number of unbranched alkanes of at least 4 members (excludes halogenated alkanes) is 1. The number of benzene rings is 1. The maximum Gasteiger partial charge on any atom is 0.326 e. The van der Waals surface area contributed by atoms with Crippen LogP contribution in [-0.2, 0) is 25.6 Å². The summed E-state index contributed by atoms with van der Waals surface area (Å²) < 4.78 is 0. The van der Waals surface area contributed by atoms with Crippen molar-refractivity contribution >= 4 is 23.7 Å². The van der Waals surface area contributed by atoms with Crippen LogP contribution < -0.4 is 22.1 Å². The lowest BCUT2D eigenvalue weighted by Gasteiger charge is -2.29. The van der Waals surface area contributed by atoms with E-state index in [-0.39, 0.29) is 12.3 Å². The Kier molecular flexibility index (Phi) is 11.1. The second-order valence-corrected chi connectivity index (χ2v) is 8.90. The minimum atomic E-state index is -1.38. The Labute approximate surface area is 205 Å². The van der Waals surface area contributed by atoms with Gasteiger partial charge in [0.05, 0.1) is 12.1 Å². The zero-order valence-corrected chi connectivity index (χ0v) is 20.1. The van der Waals surface area contributed by atoms with Crippen LogP contribution in [-0.4, -0.2) is 82.2 Å². The normalized spacial score (nSPS) is 18.9. The number of nitrogens with two attached hydrogens (primary N) is 2. The number of carboxylic acids is 1. The molecule has 1 fully saturated rings. The van der Waals surface area contributed by atoms with Crippen LogP contribution in [0.1, 0.15) is 44.6 Å². The Balaban J connectivity index is 2.03. The lowest BCUT2D eigenvalue weighted by molar-refractivity contribution is -0.144. The second kappa shape index (κ2) is 13.8. The fraction of sp³-hybridized carbons (Fsp3) is 0.583. The molecule has 3 amide bonds. The van der Waals surface area contributed by atoms with Gasteiger partial charge in [-0.15, -0.1) is 0 Å². The molecule has 194 valence electrons. The molecule has 1 aliphatic rings. The third-order valence-electron chi connectivity index (χ3n) is 6.08. The van der Waals surface area contributed by atoms with Crippen molar-refractivity contribution < 1.29 is 29.4 Å². The largest absolute Gasteiger partial charge is 0.480 e. The van der Waals surface area contributed by atoms with Crippen LogP contribution in [0.4, 0.5) is 0 Å². The summed E-state index contributed by atoms with van der Waals surface area (Å²) in [5.41, 5.74) is 12.5. The van der Waals surface area contributed by atoms with E-state index in [9.17, 15) is 29.4 Å². The number of hydrogen-bond donors (Lipinski definition) is 6. The number of nitrogens with one attached hydrogen (secondary N) is 2. The summed E-state index contributed by atoms with van der Waals surface area (Å²) in [7, 11) is 0. The minimum absolute atomic E-state index is 0.170. The van der Waals surface area contributed by atoms with Gasteiger partial charge in [0.15, 0.2) is 0 Å². The van der Waals surface area contributed by atoms with Crippen molar-refractivity contribution in [1.82, 2.24) is 15.5 Å². The summed E-state index contributed by atoms with van der Waals surface area (Å²) in [5, 5.41) is 24.4. The zero-order valence-electron chi connectivity index (χ0n) is 20.1. The first kappa shape index (κ1) is 28.2. The number of aliphatic hydroxyl groups excluding tert-OH is 1. The summed E-state index contributed by atoms with van der Waals surface area (Å²) in [4.78, 5) is 51.7. The summed E-state index contributed by atoms with van der Waals surface area (Å²) in [6.45, 7) is 2.08. The van der Waals surface area contributed by atoms with E-state index >= 15 is 0 Å². The summed E-state index contributed by atoms with van der Waals surface area (Å²) in [5.74, 6) is -3.00. The lowest BCUT2D eigenvalue weighted by Crippen LogP contribution is -2.59. The zero-order chi connectivity index (χ0) is 26.0. The fourth-order valence-electron chi connectivity index (χ4n) is 4.14. The quantitative estimate of drug-likeness (QED) is 0.192. The predicted molar refractivity (Wildman–Crippen MR) is 129 cm³/mol. The number of carbonyl (C=O) groups excluding carboxylic acids is 3. The maximum absolute atomic E-state index is 13.0. The van der Waals surface area contributed by atoms with Gasteiger partial charge in [-0.25, -0.2) is 4.79 Å². The molecule has 5 atom stereocenters. The molecule has 0 aliphatic carbocycles. The molecule has 2 rings (SSSR count). The van der Waals surface area contributed by atoms with Crippen LogP contribution in [0.15, 0.2) is 30.3 Å². The SMILES string of the molecule is CC(O)C(NC(=O)C1CCCN1C(=O)C(N)Cc1ccccc1)C(=O)NC(CCCCN)C(=O)O. The number of likely N-dealkylation sites (tertiary alicyclic amines) is 1. The van der Waals surface area contributed by atoms with E-state index in [2.05, 4.69) is 10.6 Å². The van der Waals surface area contributed by atoms with Gasteiger partial charge in [0.2, 0.25) is 17.7 Å². The molecule has 11 nitrogen and oxygen atoms in total. The van der Waals surface area contributed by atoms with Gasteiger partial charge in [-0.3, -0.25) is 14.4 Å². The molecule has 11 heteroatoms. The third kappa shape index (κ3) is 8.30. The predicted octanol–water partition coefficient (Wildman–Crippen LogP) is -0.889. The van der Waals surface area contributed by atoms with Crippen LogP contribution in [0.3, 0.4) is 0 Å². The Hall–Kier alpha value is -3.02. The average Bonchev–Trinajstić information content (AvgIpc) is 3.31. The van der Waals surface area contributed by atoms with E-state index in [0.717, 1.165) is 5.56 Å². The first-order valence-corrected chi connectivity index (χ1v) is 12.0.